The number of carbonyl (C=O) groups is 2. The highest BCUT2D eigenvalue weighted by Gasteiger charge is 2.31. The fourth-order valence-corrected chi connectivity index (χ4v) is 2.74. The standard InChI is InChI=1S/C17H17N3O4/c21-15-7-6-14(16(22)19-9-8-13(11-19)17(23)24)18-20(15)10-12-4-2-1-3-5-12/h1-7,13H,8-11H2,(H,23,24). The topological polar surface area (TPSA) is 92.5 Å². The first-order valence-electron chi connectivity index (χ1n) is 7.69. The number of hydrogen-bond acceptors (Lipinski definition) is 4. The summed E-state index contributed by atoms with van der Waals surface area (Å²) >= 11 is 0. The summed E-state index contributed by atoms with van der Waals surface area (Å²) < 4.78 is 1.24. The van der Waals surface area contributed by atoms with Crippen molar-refractivity contribution in [2.75, 3.05) is 13.1 Å². The van der Waals surface area contributed by atoms with E-state index in [9.17, 15) is 14.4 Å². The van der Waals surface area contributed by atoms with Crippen molar-refractivity contribution < 1.29 is 14.7 Å². The molecular weight excluding hydrogens is 310 g/mol. The zero-order valence-corrected chi connectivity index (χ0v) is 13.0. The highest BCUT2D eigenvalue weighted by molar-refractivity contribution is 5.92. The zero-order valence-electron chi connectivity index (χ0n) is 13.0. The van der Waals surface area contributed by atoms with Crippen molar-refractivity contribution in [1.29, 1.82) is 0 Å². The molecule has 0 spiro atoms. The van der Waals surface area contributed by atoms with Crippen LogP contribution in [0, 0.1) is 5.92 Å². The lowest BCUT2D eigenvalue weighted by atomic mass is 10.1. The number of hydrogen-bond donors (Lipinski definition) is 1. The molecule has 7 heteroatoms. The van der Waals surface area contributed by atoms with Crippen LogP contribution in [0.4, 0.5) is 0 Å². The quantitative estimate of drug-likeness (QED) is 0.898. The van der Waals surface area contributed by atoms with Gasteiger partial charge in [-0.2, -0.15) is 5.10 Å². The summed E-state index contributed by atoms with van der Waals surface area (Å²) in [6.45, 7) is 0.835. The number of aromatic nitrogens is 2. The lowest BCUT2D eigenvalue weighted by molar-refractivity contribution is -0.141. The first-order valence-corrected chi connectivity index (χ1v) is 7.69. The highest BCUT2D eigenvalue weighted by atomic mass is 16.4. The van der Waals surface area contributed by atoms with Gasteiger partial charge in [0, 0.05) is 19.2 Å². The molecule has 124 valence electrons. The van der Waals surface area contributed by atoms with E-state index in [1.807, 2.05) is 30.3 Å². The molecule has 1 aromatic heterocycles. The maximum absolute atomic E-state index is 12.5. The van der Waals surface area contributed by atoms with Crippen molar-refractivity contribution in [3.05, 3.63) is 64.1 Å². The maximum atomic E-state index is 12.5. The number of rotatable bonds is 4. The van der Waals surface area contributed by atoms with Gasteiger partial charge in [-0.3, -0.25) is 14.4 Å². The number of aliphatic carboxylic acids is 1. The van der Waals surface area contributed by atoms with Crippen molar-refractivity contribution in [2.24, 2.45) is 5.92 Å². The molecule has 24 heavy (non-hydrogen) atoms. The molecule has 0 radical (unpaired) electrons. The fraction of sp³-hybridized carbons (Fsp3) is 0.294. The van der Waals surface area contributed by atoms with Crippen LogP contribution in [0.2, 0.25) is 0 Å². The number of carbonyl (C=O) groups excluding carboxylic acids is 1. The molecular formula is C17H17N3O4. The molecule has 1 N–H and O–H groups in total. The molecule has 1 aromatic carbocycles. The van der Waals surface area contributed by atoms with Crippen LogP contribution < -0.4 is 5.56 Å². The summed E-state index contributed by atoms with van der Waals surface area (Å²) in [4.78, 5) is 36.9. The third kappa shape index (κ3) is 3.34. The Morgan fingerprint density at radius 1 is 1.17 bits per heavy atom. The lowest BCUT2D eigenvalue weighted by Crippen LogP contribution is -2.33. The molecule has 1 aliphatic rings. The molecule has 0 saturated carbocycles. The molecule has 0 bridgehead atoms. The van der Waals surface area contributed by atoms with Crippen LogP contribution in [0.5, 0.6) is 0 Å². The molecule has 1 fully saturated rings. The summed E-state index contributed by atoms with van der Waals surface area (Å²) in [6.07, 6.45) is 0.435. The van der Waals surface area contributed by atoms with E-state index >= 15 is 0 Å². The number of benzene rings is 1. The van der Waals surface area contributed by atoms with E-state index in [0.29, 0.717) is 13.0 Å². The zero-order chi connectivity index (χ0) is 17.1. The second-order valence-corrected chi connectivity index (χ2v) is 5.78. The van der Waals surface area contributed by atoms with Gasteiger partial charge in [-0.25, -0.2) is 4.68 Å². The van der Waals surface area contributed by atoms with E-state index in [4.69, 9.17) is 5.11 Å². The smallest absolute Gasteiger partial charge is 0.308 e. The van der Waals surface area contributed by atoms with Crippen LogP contribution in [0.15, 0.2) is 47.3 Å². The van der Waals surface area contributed by atoms with Gasteiger partial charge in [-0.15, -0.1) is 0 Å². The number of carboxylic acid groups (broad SMARTS) is 1. The molecule has 1 saturated heterocycles. The Labute approximate surface area is 138 Å². The average Bonchev–Trinajstić information content (AvgIpc) is 3.07. The van der Waals surface area contributed by atoms with Gasteiger partial charge >= 0.3 is 5.97 Å². The predicted octanol–water partition coefficient (Wildman–Crippen LogP) is 0.838. The second kappa shape index (κ2) is 6.66. The lowest BCUT2D eigenvalue weighted by Gasteiger charge is -2.15. The van der Waals surface area contributed by atoms with Gasteiger partial charge in [-0.1, -0.05) is 30.3 Å². The molecule has 1 amide bonds. The van der Waals surface area contributed by atoms with Crippen LogP contribution in [0.25, 0.3) is 0 Å². The van der Waals surface area contributed by atoms with Gasteiger partial charge in [0.15, 0.2) is 0 Å². The average molecular weight is 327 g/mol. The Kier molecular flexibility index (Phi) is 4.41. The molecule has 0 aliphatic carbocycles. The maximum Gasteiger partial charge on any atom is 0.308 e. The third-order valence-electron chi connectivity index (χ3n) is 4.09. The van der Waals surface area contributed by atoms with Gasteiger partial charge in [0.1, 0.15) is 5.69 Å². The molecule has 2 aromatic rings. The summed E-state index contributed by atoms with van der Waals surface area (Å²) in [7, 11) is 0. The Balaban J connectivity index is 1.79. The molecule has 7 nitrogen and oxygen atoms in total. The first-order chi connectivity index (χ1) is 11.5. The van der Waals surface area contributed by atoms with Crippen LogP contribution in [-0.2, 0) is 11.3 Å². The van der Waals surface area contributed by atoms with Crippen LogP contribution in [0.1, 0.15) is 22.5 Å². The number of nitrogens with zero attached hydrogens (tertiary/aromatic N) is 3. The predicted molar refractivity (Wildman–Crippen MR) is 85.7 cm³/mol. The minimum atomic E-state index is -0.896. The van der Waals surface area contributed by atoms with Gasteiger partial charge in [0.25, 0.3) is 11.5 Å². The Hall–Kier alpha value is -2.96. The highest BCUT2D eigenvalue weighted by Crippen LogP contribution is 2.18. The Bertz CT molecular complexity index is 816. The SMILES string of the molecule is O=C(O)C1CCN(C(=O)c2ccc(=O)n(Cc3ccccc3)n2)C1. The number of amides is 1. The normalized spacial score (nSPS) is 17.0. The van der Waals surface area contributed by atoms with Crippen molar-refractivity contribution in [1.82, 2.24) is 14.7 Å². The molecule has 1 atom stereocenters. The summed E-state index contributed by atoms with van der Waals surface area (Å²) in [6, 6.07) is 12.1. The van der Waals surface area contributed by atoms with Crippen molar-refractivity contribution in [3.8, 4) is 0 Å². The molecule has 3 rings (SSSR count). The Morgan fingerprint density at radius 3 is 2.58 bits per heavy atom. The molecule has 1 unspecified atom stereocenters. The van der Waals surface area contributed by atoms with Crippen LogP contribution in [-0.4, -0.2) is 44.8 Å². The molecule has 2 heterocycles. The third-order valence-corrected chi connectivity index (χ3v) is 4.09. The minimum Gasteiger partial charge on any atom is -0.481 e. The van der Waals surface area contributed by atoms with E-state index in [-0.39, 0.29) is 30.2 Å². The fourth-order valence-electron chi connectivity index (χ4n) is 2.74. The van der Waals surface area contributed by atoms with Crippen LogP contribution in [0.3, 0.4) is 0 Å². The van der Waals surface area contributed by atoms with Crippen molar-refractivity contribution in [2.45, 2.75) is 13.0 Å². The van der Waals surface area contributed by atoms with Gasteiger partial charge in [0.2, 0.25) is 0 Å². The summed E-state index contributed by atoms with van der Waals surface area (Å²) in [5.74, 6) is -1.78. The Morgan fingerprint density at radius 2 is 1.92 bits per heavy atom. The largest absolute Gasteiger partial charge is 0.481 e. The summed E-state index contributed by atoms with van der Waals surface area (Å²) in [5.41, 5.74) is 0.764. The second-order valence-electron chi connectivity index (χ2n) is 5.78. The van der Waals surface area contributed by atoms with E-state index in [0.717, 1.165) is 5.56 Å². The minimum absolute atomic E-state index is 0.150. The van der Waals surface area contributed by atoms with Gasteiger partial charge in [0.05, 0.1) is 12.5 Å². The van der Waals surface area contributed by atoms with Gasteiger partial charge in [-0.05, 0) is 18.1 Å². The van der Waals surface area contributed by atoms with Crippen LogP contribution >= 0.6 is 0 Å². The van der Waals surface area contributed by atoms with E-state index in [2.05, 4.69) is 5.10 Å². The summed E-state index contributed by atoms with van der Waals surface area (Å²) in [5, 5.41) is 13.2. The van der Waals surface area contributed by atoms with E-state index in [1.165, 1.54) is 21.7 Å². The van der Waals surface area contributed by atoms with E-state index in [1.54, 1.807) is 0 Å². The number of carboxylic acids is 1. The van der Waals surface area contributed by atoms with Gasteiger partial charge < -0.3 is 10.0 Å². The monoisotopic (exact) mass is 327 g/mol. The van der Waals surface area contributed by atoms with Crippen molar-refractivity contribution in [3.63, 3.8) is 0 Å². The van der Waals surface area contributed by atoms with Crippen molar-refractivity contribution >= 4 is 11.9 Å². The van der Waals surface area contributed by atoms with E-state index < -0.39 is 11.9 Å². The first kappa shape index (κ1) is 15.9. The number of likely N-dealkylation sites (tertiary alicyclic amines) is 1. The molecule has 1 aliphatic heterocycles.